The minimum absolute atomic E-state index is 0.271. The van der Waals surface area contributed by atoms with E-state index in [0.29, 0.717) is 5.57 Å². The summed E-state index contributed by atoms with van der Waals surface area (Å²) in [6, 6.07) is 0. The highest BCUT2D eigenvalue weighted by atomic mass is 16.3. The zero-order chi connectivity index (χ0) is 9.61. The van der Waals surface area contributed by atoms with Crippen molar-refractivity contribution < 1.29 is 5.11 Å². The van der Waals surface area contributed by atoms with Gasteiger partial charge in [0.25, 0.3) is 0 Å². The molecule has 1 N–H and O–H groups in total. The van der Waals surface area contributed by atoms with E-state index in [4.69, 9.17) is 6.42 Å². The van der Waals surface area contributed by atoms with Crippen molar-refractivity contribution in [2.24, 2.45) is 0 Å². The van der Waals surface area contributed by atoms with Crippen molar-refractivity contribution in [2.75, 3.05) is 0 Å². The molecule has 0 aliphatic heterocycles. The van der Waals surface area contributed by atoms with Crippen LogP contribution in [-0.4, -0.2) is 10.7 Å². The summed E-state index contributed by atoms with van der Waals surface area (Å²) in [4.78, 5) is 0. The van der Waals surface area contributed by atoms with Crippen LogP contribution < -0.4 is 0 Å². The lowest BCUT2D eigenvalue weighted by molar-refractivity contribution is 0.146. The number of hydrogen-bond acceptors (Lipinski definition) is 1. The Morgan fingerprint density at radius 1 is 1.58 bits per heavy atom. The van der Waals surface area contributed by atoms with Crippen LogP contribution >= 0.6 is 0 Å². The van der Waals surface area contributed by atoms with Crippen molar-refractivity contribution in [3.05, 3.63) is 12.2 Å². The molecule has 0 rings (SSSR count). The molecule has 1 heteroatoms. The lowest BCUT2D eigenvalue weighted by atomic mass is 9.94. The lowest BCUT2D eigenvalue weighted by Crippen LogP contribution is -2.26. The molecule has 0 saturated heterocycles. The van der Waals surface area contributed by atoms with E-state index in [9.17, 15) is 5.11 Å². The quantitative estimate of drug-likeness (QED) is 0.484. The third kappa shape index (κ3) is 2.82. The summed E-state index contributed by atoms with van der Waals surface area (Å²) in [7, 11) is 0. The number of aliphatic hydroxyl groups is 1. The van der Waals surface area contributed by atoms with Crippen LogP contribution in [0.15, 0.2) is 12.2 Å². The standard InChI is InChI=1S/C11H14O/c1-5-7-8-9-11(12,6-2)10(3)4/h2,12H,3,5,9H2,1,4H3. The van der Waals surface area contributed by atoms with Gasteiger partial charge in [0.1, 0.15) is 0 Å². The van der Waals surface area contributed by atoms with Gasteiger partial charge in [0.15, 0.2) is 5.60 Å². The zero-order valence-corrected chi connectivity index (χ0v) is 7.65. The van der Waals surface area contributed by atoms with Gasteiger partial charge in [-0.3, -0.25) is 0 Å². The Morgan fingerprint density at radius 2 is 2.17 bits per heavy atom. The van der Waals surface area contributed by atoms with E-state index in [2.05, 4.69) is 24.3 Å². The maximum Gasteiger partial charge on any atom is 0.157 e. The molecule has 0 bridgehead atoms. The number of hydrogen-bond donors (Lipinski definition) is 1. The predicted molar refractivity (Wildman–Crippen MR) is 51.3 cm³/mol. The minimum atomic E-state index is -1.25. The van der Waals surface area contributed by atoms with Crippen LogP contribution in [0.2, 0.25) is 0 Å². The molecular weight excluding hydrogens is 148 g/mol. The Balaban J connectivity index is 4.38. The van der Waals surface area contributed by atoms with Crippen molar-refractivity contribution in [2.45, 2.75) is 32.3 Å². The van der Waals surface area contributed by atoms with E-state index in [1.807, 2.05) is 6.92 Å². The Labute approximate surface area is 74.5 Å². The van der Waals surface area contributed by atoms with E-state index >= 15 is 0 Å². The summed E-state index contributed by atoms with van der Waals surface area (Å²) in [5, 5.41) is 9.69. The van der Waals surface area contributed by atoms with Gasteiger partial charge in [-0.05, 0) is 12.5 Å². The molecule has 0 heterocycles. The average Bonchev–Trinajstić information content (AvgIpc) is 2.04. The molecule has 0 radical (unpaired) electrons. The third-order valence-electron chi connectivity index (χ3n) is 1.59. The van der Waals surface area contributed by atoms with Gasteiger partial charge in [0.2, 0.25) is 0 Å². The number of terminal acetylenes is 1. The van der Waals surface area contributed by atoms with E-state index in [1.165, 1.54) is 0 Å². The molecular formula is C11H14O. The smallest absolute Gasteiger partial charge is 0.157 e. The highest BCUT2D eigenvalue weighted by Gasteiger charge is 2.23. The van der Waals surface area contributed by atoms with Crippen molar-refractivity contribution in [1.82, 2.24) is 0 Å². The molecule has 0 amide bonds. The second-order valence-corrected chi connectivity index (χ2v) is 2.67. The first-order valence-electron chi connectivity index (χ1n) is 3.88. The fourth-order valence-electron chi connectivity index (χ4n) is 0.641. The van der Waals surface area contributed by atoms with Gasteiger partial charge in [-0.1, -0.05) is 25.3 Å². The van der Waals surface area contributed by atoms with Crippen LogP contribution in [-0.2, 0) is 0 Å². The maximum absolute atomic E-state index is 9.69. The highest BCUT2D eigenvalue weighted by Crippen LogP contribution is 2.17. The normalized spacial score (nSPS) is 13.5. The van der Waals surface area contributed by atoms with Gasteiger partial charge in [0.05, 0.1) is 6.42 Å². The van der Waals surface area contributed by atoms with E-state index in [0.717, 1.165) is 6.42 Å². The monoisotopic (exact) mass is 162 g/mol. The molecule has 0 saturated carbocycles. The van der Waals surface area contributed by atoms with Crippen molar-refractivity contribution in [3.63, 3.8) is 0 Å². The van der Waals surface area contributed by atoms with E-state index in [-0.39, 0.29) is 6.42 Å². The first-order chi connectivity index (χ1) is 5.56. The molecule has 12 heavy (non-hydrogen) atoms. The van der Waals surface area contributed by atoms with Crippen LogP contribution in [0, 0.1) is 24.2 Å². The van der Waals surface area contributed by atoms with Gasteiger partial charge in [-0.25, -0.2) is 0 Å². The lowest BCUT2D eigenvalue weighted by Gasteiger charge is -2.18. The first-order valence-corrected chi connectivity index (χ1v) is 3.88. The Hall–Kier alpha value is -1.18. The van der Waals surface area contributed by atoms with E-state index < -0.39 is 5.60 Å². The van der Waals surface area contributed by atoms with Gasteiger partial charge < -0.3 is 5.11 Å². The second-order valence-electron chi connectivity index (χ2n) is 2.67. The van der Waals surface area contributed by atoms with Gasteiger partial charge in [-0.2, -0.15) is 0 Å². The molecule has 0 fully saturated rings. The Bertz CT molecular complexity index is 259. The molecule has 0 aliphatic carbocycles. The average molecular weight is 162 g/mol. The van der Waals surface area contributed by atoms with Crippen molar-refractivity contribution in [3.8, 4) is 24.2 Å². The fraction of sp³-hybridized carbons (Fsp3) is 0.455. The van der Waals surface area contributed by atoms with Crippen LogP contribution in [0.1, 0.15) is 26.7 Å². The number of rotatable bonds is 2. The fourth-order valence-corrected chi connectivity index (χ4v) is 0.641. The van der Waals surface area contributed by atoms with Crippen LogP contribution in [0.25, 0.3) is 0 Å². The molecule has 1 atom stereocenters. The highest BCUT2D eigenvalue weighted by molar-refractivity contribution is 5.28. The summed E-state index contributed by atoms with van der Waals surface area (Å²) < 4.78 is 0. The SMILES string of the molecule is C#CC(O)(CC#CCC)C(=C)C. The Morgan fingerprint density at radius 3 is 2.50 bits per heavy atom. The summed E-state index contributed by atoms with van der Waals surface area (Å²) in [6.45, 7) is 7.27. The summed E-state index contributed by atoms with van der Waals surface area (Å²) in [6.07, 6.45) is 6.21. The molecule has 64 valence electrons. The van der Waals surface area contributed by atoms with Crippen LogP contribution in [0.4, 0.5) is 0 Å². The third-order valence-corrected chi connectivity index (χ3v) is 1.59. The molecule has 0 spiro atoms. The first kappa shape index (κ1) is 10.8. The maximum atomic E-state index is 9.69. The van der Waals surface area contributed by atoms with Crippen LogP contribution in [0.3, 0.4) is 0 Å². The van der Waals surface area contributed by atoms with Gasteiger partial charge in [0, 0.05) is 6.42 Å². The summed E-state index contributed by atoms with van der Waals surface area (Å²) in [5.74, 6) is 7.94. The molecule has 1 unspecified atom stereocenters. The molecule has 1 nitrogen and oxygen atoms in total. The van der Waals surface area contributed by atoms with Gasteiger partial charge in [-0.15, -0.1) is 12.3 Å². The predicted octanol–water partition coefficient (Wildman–Crippen LogP) is 1.73. The van der Waals surface area contributed by atoms with Crippen LogP contribution in [0.5, 0.6) is 0 Å². The molecule has 0 aromatic heterocycles. The molecule has 0 aliphatic rings. The van der Waals surface area contributed by atoms with Crippen molar-refractivity contribution in [1.29, 1.82) is 0 Å². The van der Waals surface area contributed by atoms with Crippen molar-refractivity contribution >= 4 is 0 Å². The Kier molecular flexibility index (Phi) is 4.19. The van der Waals surface area contributed by atoms with E-state index in [1.54, 1.807) is 6.92 Å². The topological polar surface area (TPSA) is 20.2 Å². The largest absolute Gasteiger partial charge is 0.373 e. The minimum Gasteiger partial charge on any atom is -0.373 e. The molecule has 0 aromatic carbocycles. The van der Waals surface area contributed by atoms with Gasteiger partial charge >= 0.3 is 0 Å². The second kappa shape index (κ2) is 4.65. The summed E-state index contributed by atoms with van der Waals surface area (Å²) >= 11 is 0. The zero-order valence-electron chi connectivity index (χ0n) is 7.65. The molecule has 0 aromatic rings. The summed E-state index contributed by atoms with van der Waals surface area (Å²) in [5.41, 5.74) is -0.683.